The number of hydrogen-bond acceptors (Lipinski definition) is 3. The lowest BCUT2D eigenvalue weighted by Gasteiger charge is -2.30. The highest BCUT2D eigenvalue weighted by atomic mass is 127. The molecular weight excluding hydrogens is 427 g/mol. The lowest BCUT2D eigenvalue weighted by Crippen LogP contribution is -2.33. The highest BCUT2D eigenvalue weighted by Gasteiger charge is 2.14. The number of nitrogens with zero attached hydrogens (tertiary/aromatic N) is 2. The lowest BCUT2D eigenvalue weighted by atomic mass is 9.99. The fraction of sp³-hybridized carbons (Fsp3) is 0.632. The van der Waals surface area contributed by atoms with Gasteiger partial charge in [0.05, 0.1) is 6.61 Å². The molecule has 1 aromatic carbocycles. The first-order valence-corrected chi connectivity index (χ1v) is 9.05. The van der Waals surface area contributed by atoms with Crippen molar-refractivity contribution in [2.45, 2.75) is 39.2 Å². The topological polar surface area (TPSA) is 62.9 Å². The van der Waals surface area contributed by atoms with E-state index in [2.05, 4.69) is 22.1 Å². The van der Waals surface area contributed by atoms with Crippen molar-refractivity contribution in [2.24, 2.45) is 16.6 Å². The zero-order valence-corrected chi connectivity index (χ0v) is 17.9. The van der Waals surface area contributed by atoms with Crippen molar-refractivity contribution in [1.82, 2.24) is 4.90 Å². The van der Waals surface area contributed by atoms with Crippen LogP contribution < -0.4 is 11.1 Å². The molecule has 5 nitrogen and oxygen atoms in total. The number of benzene rings is 1. The first-order chi connectivity index (χ1) is 11.7. The summed E-state index contributed by atoms with van der Waals surface area (Å²) in [6.07, 6.45) is 4.95. The van der Waals surface area contributed by atoms with Crippen LogP contribution in [0, 0.1) is 5.92 Å². The van der Waals surface area contributed by atoms with Crippen LogP contribution in [0.25, 0.3) is 0 Å². The normalized spacial score (nSPS) is 16.5. The Bertz CT molecular complexity index is 516. The van der Waals surface area contributed by atoms with Crippen molar-refractivity contribution in [2.75, 3.05) is 38.6 Å². The molecule has 1 saturated heterocycles. The Morgan fingerprint density at radius 1 is 1.28 bits per heavy atom. The maximum Gasteiger partial charge on any atom is 0.193 e. The summed E-state index contributed by atoms with van der Waals surface area (Å²) in [5.74, 6) is 1.38. The second-order valence-electron chi connectivity index (χ2n) is 6.71. The SMILES string of the molecule is COCc1ccccc1NC(N)=NCCCCN1CCC(C)CC1.I. The molecule has 0 unspecified atom stereocenters. The van der Waals surface area contributed by atoms with E-state index in [1.807, 2.05) is 24.3 Å². The Morgan fingerprint density at radius 2 is 2.00 bits per heavy atom. The smallest absolute Gasteiger partial charge is 0.193 e. The zero-order chi connectivity index (χ0) is 17.2. The number of halogens is 1. The quantitative estimate of drug-likeness (QED) is 0.269. The molecule has 0 amide bonds. The molecule has 1 fully saturated rings. The van der Waals surface area contributed by atoms with Crippen LogP contribution in [0.2, 0.25) is 0 Å². The third-order valence-electron chi connectivity index (χ3n) is 4.62. The molecule has 3 N–H and O–H groups in total. The van der Waals surface area contributed by atoms with Crippen LogP contribution in [0.3, 0.4) is 0 Å². The number of likely N-dealkylation sites (tertiary alicyclic amines) is 1. The summed E-state index contributed by atoms with van der Waals surface area (Å²) in [4.78, 5) is 7.02. The largest absolute Gasteiger partial charge is 0.380 e. The van der Waals surface area contributed by atoms with Gasteiger partial charge in [0.1, 0.15) is 0 Å². The van der Waals surface area contributed by atoms with Gasteiger partial charge in [0.25, 0.3) is 0 Å². The number of methoxy groups -OCH3 is 1. The predicted octanol–water partition coefficient (Wildman–Crippen LogP) is 3.69. The summed E-state index contributed by atoms with van der Waals surface area (Å²) in [5.41, 5.74) is 8.04. The summed E-state index contributed by atoms with van der Waals surface area (Å²) < 4.78 is 5.20. The van der Waals surface area contributed by atoms with E-state index in [1.54, 1.807) is 7.11 Å². The molecule has 25 heavy (non-hydrogen) atoms. The molecular formula is C19H33IN4O. The van der Waals surface area contributed by atoms with Gasteiger partial charge >= 0.3 is 0 Å². The Morgan fingerprint density at radius 3 is 2.72 bits per heavy atom. The number of piperidine rings is 1. The highest BCUT2D eigenvalue weighted by Crippen LogP contribution is 2.16. The lowest BCUT2D eigenvalue weighted by molar-refractivity contribution is 0.185. The second-order valence-corrected chi connectivity index (χ2v) is 6.71. The van der Waals surface area contributed by atoms with E-state index < -0.39 is 0 Å². The minimum absolute atomic E-state index is 0. The van der Waals surface area contributed by atoms with Crippen LogP contribution in [0.1, 0.15) is 38.2 Å². The Hall–Kier alpha value is -0.860. The van der Waals surface area contributed by atoms with Crippen LogP contribution in [-0.2, 0) is 11.3 Å². The van der Waals surface area contributed by atoms with E-state index in [-0.39, 0.29) is 24.0 Å². The molecule has 0 radical (unpaired) electrons. The number of hydrogen-bond donors (Lipinski definition) is 2. The minimum atomic E-state index is 0. The van der Waals surface area contributed by atoms with Crippen molar-refractivity contribution in [3.8, 4) is 0 Å². The zero-order valence-electron chi connectivity index (χ0n) is 15.5. The molecule has 0 saturated carbocycles. The number of unbranched alkanes of at least 4 members (excludes halogenated alkanes) is 1. The molecule has 0 spiro atoms. The van der Waals surface area contributed by atoms with E-state index in [0.717, 1.165) is 30.1 Å². The van der Waals surface area contributed by atoms with Crippen LogP contribution in [0.4, 0.5) is 5.69 Å². The van der Waals surface area contributed by atoms with Crippen LogP contribution in [-0.4, -0.2) is 44.1 Å². The standard InChI is InChI=1S/C19H32N4O.HI/c1-16-9-13-23(14-10-16)12-6-5-11-21-19(20)22-18-8-4-3-7-17(18)15-24-2;/h3-4,7-8,16H,5-6,9-15H2,1-2H3,(H3,20,21,22);1H. The number of ether oxygens (including phenoxy) is 1. The number of guanidine groups is 1. The molecule has 1 aliphatic rings. The molecule has 142 valence electrons. The molecule has 1 aromatic rings. The Balaban J connectivity index is 0.00000312. The van der Waals surface area contributed by atoms with Gasteiger partial charge in [-0.1, -0.05) is 25.1 Å². The van der Waals surface area contributed by atoms with Gasteiger partial charge in [0, 0.05) is 24.9 Å². The van der Waals surface area contributed by atoms with Gasteiger partial charge in [0.2, 0.25) is 0 Å². The van der Waals surface area contributed by atoms with Crippen LogP contribution >= 0.6 is 24.0 Å². The first kappa shape index (κ1) is 22.2. The van der Waals surface area contributed by atoms with E-state index in [1.165, 1.54) is 38.9 Å². The fourth-order valence-electron chi connectivity index (χ4n) is 3.03. The van der Waals surface area contributed by atoms with Crippen LogP contribution in [0.15, 0.2) is 29.3 Å². The Labute approximate surface area is 169 Å². The van der Waals surface area contributed by atoms with E-state index in [0.29, 0.717) is 12.6 Å². The monoisotopic (exact) mass is 460 g/mol. The number of para-hydroxylation sites is 1. The van der Waals surface area contributed by atoms with Gasteiger partial charge in [-0.25, -0.2) is 0 Å². The maximum atomic E-state index is 6.00. The molecule has 0 aromatic heterocycles. The van der Waals surface area contributed by atoms with Crippen LogP contribution in [0.5, 0.6) is 0 Å². The third kappa shape index (κ3) is 8.37. The molecule has 0 bridgehead atoms. The van der Waals surface area contributed by atoms with E-state index in [4.69, 9.17) is 10.5 Å². The summed E-state index contributed by atoms with van der Waals surface area (Å²) >= 11 is 0. The summed E-state index contributed by atoms with van der Waals surface area (Å²) in [5, 5.41) is 3.18. The predicted molar refractivity (Wildman–Crippen MR) is 117 cm³/mol. The number of nitrogens with one attached hydrogen (secondary N) is 1. The van der Waals surface area contributed by atoms with Crippen molar-refractivity contribution in [3.05, 3.63) is 29.8 Å². The average molecular weight is 460 g/mol. The number of anilines is 1. The summed E-state index contributed by atoms with van der Waals surface area (Å²) in [6, 6.07) is 8.00. The number of rotatable bonds is 8. The van der Waals surface area contributed by atoms with Gasteiger partial charge in [-0.05, 0) is 57.3 Å². The van der Waals surface area contributed by atoms with E-state index >= 15 is 0 Å². The molecule has 2 rings (SSSR count). The maximum absolute atomic E-state index is 6.00. The second kappa shape index (κ2) is 12.5. The fourth-order valence-corrected chi connectivity index (χ4v) is 3.03. The molecule has 0 atom stereocenters. The Kier molecular flexibility index (Phi) is 11.1. The van der Waals surface area contributed by atoms with Crippen molar-refractivity contribution >= 4 is 35.6 Å². The van der Waals surface area contributed by atoms with Gasteiger partial charge in [-0.2, -0.15) is 0 Å². The van der Waals surface area contributed by atoms with Gasteiger partial charge in [0.15, 0.2) is 5.96 Å². The van der Waals surface area contributed by atoms with Gasteiger partial charge < -0.3 is 20.7 Å². The summed E-state index contributed by atoms with van der Waals surface area (Å²) in [7, 11) is 1.69. The first-order valence-electron chi connectivity index (χ1n) is 9.05. The number of nitrogens with two attached hydrogens (primary N) is 1. The highest BCUT2D eigenvalue weighted by molar-refractivity contribution is 14.0. The van der Waals surface area contributed by atoms with E-state index in [9.17, 15) is 0 Å². The number of aliphatic imine (C=N–C) groups is 1. The van der Waals surface area contributed by atoms with Crippen molar-refractivity contribution < 1.29 is 4.74 Å². The minimum Gasteiger partial charge on any atom is -0.380 e. The molecule has 6 heteroatoms. The average Bonchev–Trinajstić information content (AvgIpc) is 2.58. The molecule has 1 aliphatic heterocycles. The molecule has 1 heterocycles. The summed E-state index contributed by atoms with van der Waals surface area (Å²) in [6.45, 7) is 7.38. The third-order valence-corrected chi connectivity index (χ3v) is 4.62. The van der Waals surface area contributed by atoms with Gasteiger partial charge in [-0.3, -0.25) is 4.99 Å². The van der Waals surface area contributed by atoms with Crippen molar-refractivity contribution in [1.29, 1.82) is 0 Å². The van der Waals surface area contributed by atoms with Crippen molar-refractivity contribution in [3.63, 3.8) is 0 Å². The molecule has 0 aliphatic carbocycles. The van der Waals surface area contributed by atoms with Gasteiger partial charge in [-0.15, -0.1) is 24.0 Å².